The summed E-state index contributed by atoms with van der Waals surface area (Å²) in [6.07, 6.45) is 3.73. The first kappa shape index (κ1) is 23.4. The van der Waals surface area contributed by atoms with Crippen LogP contribution in [0.4, 0.5) is 0 Å². The molecule has 174 valence electrons. The molecular weight excluding hydrogens is 484 g/mol. The second kappa shape index (κ2) is 11.4. The monoisotopic (exact) mass is 512 g/mol. The van der Waals surface area contributed by atoms with Crippen LogP contribution in [0, 0.1) is 5.92 Å². The molecular formula is C25H29BrN4O3. The number of piperidine rings is 1. The Kier molecular flexibility index (Phi) is 8.12. The molecule has 2 aromatic carbocycles. The van der Waals surface area contributed by atoms with Gasteiger partial charge in [0.05, 0.1) is 19.6 Å². The van der Waals surface area contributed by atoms with Gasteiger partial charge < -0.3 is 14.6 Å². The van der Waals surface area contributed by atoms with Crippen molar-refractivity contribution >= 4 is 21.8 Å². The van der Waals surface area contributed by atoms with Crippen LogP contribution in [0.1, 0.15) is 30.7 Å². The maximum Gasteiger partial charge on any atom is 0.241 e. The Hall–Kier alpha value is -2.71. The number of methoxy groups -OCH3 is 1. The molecule has 8 heteroatoms. The number of carbonyl (C=O) groups is 1. The Morgan fingerprint density at radius 2 is 2.12 bits per heavy atom. The van der Waals surface area contributed by atoms with E-state index in [1.807, 2.05) is 36.4 Å². The molecule has 0 radical (unpaired) electrons. The summed E-state index contributed by atoms with van der Waals surface area (Å²) < 4.78 is 11.6. The molecule has 0 bridgehead atoms. The van der Waals surface area contributed by atoms with E-state index in [2.05, 4.69) is 48.4 Å². The second-order valence-corrected chi connectivity index (χ2v) is 9.25. The molecule has 0 spiro atoms. The first-order valence-electron chi connectivity index (χ1n) is 11.3. The van der Waals surface area contributed by atoms with Crippen molar-refractivity contribution in [3.8, 4) is 17.1 Å². The lowest BCUT2D eigenvalue weighted by molar-refractivity contribution is -0.126. The highest BCUT2D eigenvalue weighted by atomic mass is 79.9. The highest BCUT2D eigenvalue weighted by Gasteiger charge is 2.26. The molecule has 1 fully saturated rings. The summed E-state index contributed by atoms with van der Waals surface area (Å²) in [6, 6.07) is 15.9. The number of nitrogens with zero attached hydrogens (tertiary/aromatic N) is 3. The highest BCUT2D eigenvalue weighted by molar-refractivity contribution is 9.10. The van der Waals surface area contributed by atoms with E-state index in [1.54, 1.807) is 7.11 Å². The SMILES string of the molecule is COc1ccc(CCCNC(=O)C2CCCN(Cc3nc(-c4cccc(Br)c4)no3)C2)cc1. The first-order chi connectivity index (χ1) is 16.1. The van der Waals surface area contributed by atoms with Crippen LogP contribution in [-0.4, -0.2) is 47.7 Å². The maximum atomic E-state index is 12.7. The van der Waals surface area contributed by atoms with Crippen molar-refractivity contribution in [1.29, 1.82) is 0 Å². The molecule has 1 unspecified atom stereocenters. The average Bonchev–Trinajstić information content (AvgIpc) is 3.31. The van der Waals surface area contributed by atoms with Crippen molar-refractivity contribution in [3.63, 3.8) is 0 Å². The van der Waals surface area contributed by atoms with Gasteiger partial charge in [-0.25, -0.2) is 0 Å². The summed E-state index contributed by atoms with van der Waals surface area (Å²) in [5, 5.41) is 7.23. The molecule has 1 N–H and O–H groups in total. The van der Waals surface area contributed by atoms with Crippen molar-refractivity contribution in [1.82, 2.24) is 20.4 Å². The summed E-state index contributed by atoms with van der Waals surface area (Å²) in [7, 11) is 1.67. The first-order valence-corrected chi connectivity index (χ1v) is 12.1. The number of amides is 1. The van der Waals surface area contributed by atoms with E-state index in [1.165, 1.54) is 5.56 Å². The predicted molar refractivity (Wildman–Crippen MR) is 130 cm³/mol. The number of hydrogen-bond donors (Lipinski definition) is 1. The van der Waals surface area contributed by atoms with Crippen LogP contribution < -0.4 is 10.1 Å². The van der Waals surface area contributed by atoms with E-state index < -0.39 is 0 Å². The number of rotatable bonds is 9. The van der Waals surface area contributed by atoms with Gasteiger partial charge in [-0.05, 0) is 62.1 Å². The topological polar surface area (TPSA) is 80.5 Å². The molecule has 2 heterocycles. The fourth-order valence-electron chi connectivity index (χ4n) is 4.11. The molecule has 1 saturated heterocycles. The van der Waals surface area contributed by atoms with Gasteiger partial charge in [-0.2, -0.15) is 4.98 Å². The zero-order chi connectivity index (χ0) is 23.0. The Bertz CT molecular complexity index is 1050. The van der Waals surface area contributed by atoms with Gasteiger partial charge in [-0.1, -0.05) is 45.4 Å². The minimum Gasteiger partial charge on any atom is -0.497 e. The van der Waals surface area contributed by atoms with E-state index in [0.29, 0.717) is 31.3 Å². The van der Waals surface area contributed by atoms with Crippen LogP contribution in [0.25, 0.3) is 11.4 Å². The zero-order valence-electron chi connectivity index (χ0n) is 18.8. The van der Waals surface area contributed by atoms with Crippen molar-refractivity contribution in [2.75, 3.05) is 26.7 Å². The summed E-state index contributed by atoms with van der Waals surface area (Å²) >= 11 is 3.47. The molecule has 1 aliphatic heterocycles. The summed E-state index contributed by atoms with van der Waals surface area (Å²) in [6.45, 7) is 2.87. The average molecular weight is 513 g/mol. The number of halogens is 1. The lowest BCUT2D eigenvalue weighted by atomic mass is 9.97. The third-order valence-electron chi connectivity index (χ3n) is 5.89. The van der Waals surface area contributed by atoms with Gasteiger partial charge >= 0.3 is 0 Å². The van der Waals surface area contributed by atoms with Crippen LogP contribution >= 0.6 is 15.9 Å². The standard InChI is InChI=1S/C25H29BrN4O3/c1-32-22-11-9-18(10-12-22)5-3-13-27-25(31)20-7-4-14-30(16-20)17-23-28-24(29-33-23)19-6-2-8-21(26)15-19/h2,6,8-12,15,20H,3-5,7,13-14,16-17H2,1H3,(H,27,31). The van der Waals surface area contributed by atoms with Gasteiger partial charge in [0.1, 0.15) is 5.75 Å². The van der Waals surface area contributed by atoms with Crippen LogP contribution in [0.3, 0.4) is 0 Å². The van der Waals surface area contributed by atoms with Crippen LogP contribution in [0.5, 0.6) is 5.75 Å². The Morgan fingerprint density at radius 1 is 1.27 bits per heavy atom. The Morgan fingerprint density at radius 3 is 2.91 bits per heavy atom. The van der Waals surface area contributed by atoms with E-state index in [-0.39, 0.29) is 11.8 Å². The molecule has 4 rings (SSSR count). The van der Waals surface area contributed by atoms with Crippen LogP contribution in [-0.2, 0) is 17.8 Å². The number of hydrogen-bond acceptors (Lipinski definition) is 6. The number of ether oxygens (including phenoxy) is 1. The second-order valence-electron chi connectivity index (χ2n) is 8.34. The maximum absolute atomic E-state index is 12.7. The molecule has 0 saturated carbocycles. The van der Waals surface area contributed by atoms with Crippen molar-refractivity contribution in [2.45, 2.75) is 32.2 Å². The van der Waals surface area contributed by atoms with Gasteiger partial charge in [-0.3, -0.25) is 9.69 Å². The molecule has 1 amide bonds. The Labute approximate surface area is 202 Å². The Balaban J connectivity index is 1.22. The molecule has 1 aliphatic rings. The summed E-state index contributed by atoms with van der Waals surface area (Å²) in [5.41, 5.74) is 2.15. The van der Waals surface area contributed by atoms with Gasteiger partial charge in [0, 0.05) is 23.1 Å². The van der Waals surface area contributed by atoms with E-state index in [4.69, 9.17) is 9.26 Å². The van der Waals surface area contributed by atoms with Gasteiger partial charge in [0.2, 0.25) is 17.6 Å². The molecule has 1 aromatic heterocycles. The summed E-state index contributed by atoms with van der Waals surface area (Å²) in [4.78, 5) is 19.5. The summed E-state index contributed by atoms with van der Waals surface area (Å²) in [5.74, 6) is 2.14. The zero-order valence-corrected chi connectivity index (χ0v) is 20.4. The molecule has 1 atom stereocenters. The fourth-order valence-corrected chi connectivity index (χ4v) is 4.51. The van der Waals surface area contributed by atoms with E-state index in [9.17, 15) is 4.79 Å². The number of aromatic nitrogens is 2. The lowest BCUT2D eigenvalue weighted by Crippen LogP contribution is -2.43. The molecule has 33 heavy (non-hydrogen) atoms. The van der Waals surface area contributed by atoms with E-state index in [0.717, 1.165) is 48.0 Å². The third-order valence-corrected chi connectivity index (χ3v) is 6.38. The van der Waals surface area contributed by atoms with E-state index >= 15 is 0 Å². The van der Waals surface area contributed by atoms with Crippen molar-refractivity contribution in [2.24, 2.45) is 5.92 Å². The van der Waals surface area contributed by atoms with Crippen LogP contribution in [0.15, 0.2) is 57.5 Å². The number of carbonyl (C=O) groups excluding carboxylic acids is 1. The third kappa shape index (κ3) is 6.65. The van der Waals surface area contributed by atoms with Crippen molar-refractivity contribution < 1.29 is 14.1 Å². The minimum atomic E-state index is -0.00722. The van der Waals surface area contributed by atoms with Crippen molar-refractivity contribution in [3.05, 3.63) is 64.5 Å². The normalized spacial score (nSPS) is 16.5. The largest absolute Gasteiger partial charge is 0.497 e. The predicted octanol–water partition coefficient (Wildman–Crippen LogP) is 4.47. The highest BCUT2D eigenvalue weighted by Crippen LogP contribution is 2.22. The minimum absolute atomic E-state index is 0.00722. The lowest BCUT2D eigenvalue weighted by Gasteiger charge is -2.30. The number of aryl methyl sites for hydroxylation is 1. The van der Waals surface area contributed by atoms with Gasteiger partial charge in [-0.15, -0.1) is 0 Å². The fraction of sp³-hybridized carbons (Fsp3) is 0.400. The number of nitrogens with one attached hydrogen (secondary N) is 1. The number of benzene rings is 2. The van der Waals surface area contributed by atoms with Crippen LogP contribution in [0.2, 0.25) is 0 Å². The molecule has 3 aromatic rings. The number of likely N-dealkylation sites (tertiary alicyclic amines) is 1. The quantitative estimate of drug-likeness (QED) is 0.426. The smallest absolute Gasteiger partial charge is 0.241 e. The molecule has 7 nitrogen and oxygen atoms in total. The van der Waals surface area contributed by atoms with Gasteiger partial charge in [0.25, 0.3) is 0 Å². The molecule has 0 aliphatic carbocycles. The van der Waals surface area contributed by atoms with Gasteiger partial charge in [0.15, 0.2) is 0 Å².